The summed E-state index contributed by atoms with van der Waals surface area (Å²) in [6, 6.07) is 10.4. The van der Waals surface area contributed by atoms with E-state index in [0.29, 0.717) is 11.3 Å². The highest BCUT2D eigenvalue weighted by molar-refractivity contribution is 7.98. The maximum Gasteiger partial charge on any atom is 0.251 e. The molecule has 2 aromatic rings. The van der Waals surface area contributed by atoms with Gasteiger partial charge in [0.1, 0.15) is 11.8 Å². The average molecular weight is 305 g/mol. The first kappa shape index (κ1) is 15.7. The maximum absolute atomic E-state index is 12.2. The fraction of sp³-hybridized carbons (Fsp3) is 0.312. The van der Waals surface area contributed by atoms with Crippen molar-refractivity contribution in [2.75, 3.05) is 12.4 Å². The fourth-order valence-electron chi connectivity index (χ4n) is 1.91. The van der Waals surface area contributed by atoms with E-state index in [1.54, 1.807) is 24.3 Å². The van der Waals surface area contributed by atoms with Crippen molar-refractivity contribution in [3.63, 3.8) is 0 Å². The van der Waals surface area contributed by atoms with E-state index >= 15 is 0 Å². The van der Waals surface area contributed by atoms with Crippen molar-refractivity contribution < 1.29 is 14.3 Å². The molecule has 0 spiro atoms. The number of hydrogen-bond donors (Lipinski definition) is 2. The molecule has 1 amide bonds. The number of rotatable bonds is 7. The van der Waals surface area contributed by atoms with E-state index < -0.39 is 6.04 Å². The highest BCUT2D eigenvalue weighted by atomic mass is 32.2. The number of furan rings is 1. The standard InChI is InChI=1S/C16H19NO3S/c1-2-21-11-12-5-7-13(8-6-12)16(19)17-14(10-18)15-4-3-9-20-15/h3-9,14,18H,2,10-11H2,1H3,(H,17,19). The fourth-order valence-corrected chi connectivity index (χ4v) is 2.54. The third-order valence-corrected chi connectivity index (χ3v) is 4.01. The van der Waals surface area contributed by atoms with Gasteiger partial charge in [-0.3, -0.25) is 4.79 Å². The Morgan fingerprint density at radius 1 is 1.33 bits per heavy atom. The second kappa shape index (κ2) is 7.90. The zero-order chi connectivity index (χ0) is 15.1. The SMILES string of the molecule is CCSCc1ccc(C(=O)NC(CO)c2ccco2)cc1. The molecular weight excluding hydrogens is 286 g/mol. The molecule has 21 heavy (non-hydrogen) atoms. The molecule has 0 radical (unpaired) electrons. The Morgan fingerprint density at radius 3 is 2.67 bits per heavy atom. The van der Waals surface area contributed by atoms with Crippen LogP contribution in [0, 0.1) is 0 Å². The highest BCUT2D eigenvalue weighted by Gasteiger charge is 2.17. The van der Waals surface area contributed by atoms with E-state index in [4.69, 9.17) is 4.42 Å². The van der Waals surface area contributed by atoms with E-state index in [2.05, 4.69) is 12.2 Å². The van der Waals surface area contributed by atoms with Gasteiger partial charge in [-0.25, -0.2) is 0 Å². The summed E-state index contributed by atoms with van der Waals surface area (Å²) < 4.78 is 5.21. The molecule has 0 aliphatic rings. The molecule has 0 bridgehead atoms. The first-order valence-corrected chi connectivity index (χ1v) is 8.02. The van der Waals surface area contributed by atoms with Crippen LogP contribution in [0.5, 0.6) is 0 Å². The van der Waals surface area contributed by atoms with E-state index in [1.165, 1.54) is 11.8 Å². The van der Waals surface area contributed by atoms with Crippen molar-refractivity contribution in [3.05, 3.63) is 59.5 Å². The van der Waals surface area contributed by atoms with Gasteiger partial charge < -0.3 is 14.8 Å². The lowest BCUT2D eigenvalue weighted by molar-refractivity contribution is 0.0907. The van der Waals surface area contributed by atoms with Gasteiger partial charge in [0.05, 0.1) is 12.9 Å². The highest BCUT2D eigenvalue weighted by Crippen LogP contribution is 2.15. The van der Waals surface area contributed by atoms with Crippen LogP contribution in [0.2, 0.25) is 0 Å². The van der Waals surface area contributed by atoms with Crippen LogP contribution in [0.4, 0.5) is 0 Å². The van der Waals surface area contributed by atoms with Crippen LogP contribution in [0.15, 0.2) is 47.1 Å². The van der Waals surface area contributed by atoms with Gasteiger partial charge in [0, 0.05) is 11.3 Å². The number of aliphatic hydroxyl groups excluding tert-OH is 1. The zero-order valence-electron chi connectivity index (χ0n) is 11.9. The Morgan fingerprint density at radius 2 is 2.10 bits per heavy atom. The molecule has 1 unspecified atom stereocenters. The summed E-state index contributed by atoms with van der Waals surface area (Å²) in [5.74, 6) is 2.34. The molecule has 1 heterocycles. The summed E-state index contributed by atoms with van der Waals surface area (Å²) in [5, 5.41) is 12.1. The third kappa shape index (κ3) is 4.37. The van der Waals surface area contributed by atoms with Crippen LogP contribution in [-0.2, 0) is 5.75 Å². The quantitative estimate of drug-likeness (QED) is 0.825. The molecule has 112 valence electrons. The lowest BCUT2D eigenvalue weighted by Crippen LogP contribution is -2.30. The molecule has 2 N–H and O–H groups in total. The average Bonchev–Trinajstić information content (AvgIpc) is 3.05. The number of thioether (sulfide) groups is 1. The van der Waals surface area contributed by atoms with Crippen molar-refractivity contribution in [3.8, 4) is 0 Å². The summed E-state index contributed by atoms with van der Waals surface area (Å²) >= 11 is 1.84. The number of carbonyl (C=O) groups excluding carboxylic acids is 1. The molecule has 4 nitrogen and oxygen atoms in total. The summed E-state index contributed by atoms with van der Waals surface area (Å²) in [6.07, 6.45) is 1.52. The van der Waals surface area contributed by atoms with E-state index in [9.17, 15) is 9.90 Å². The van der Waals surface area contributed by atoms with Gasteiger partial charge >= 0.3 is 0 Å². The van der Waals surface area contributed by atoms with Crippen molar-refractivity contribution >= 4 is 17.7 Å². The lowest BCUT2D eigenvalue weighted by Gasteiger charge is -2.14. The molecule has 0 fully saturated rings. The van der Waals surface area contributed by atoms with E-state index in [0.717, 1.165) is 11.5 Å². The summed E-state index contributed by atoms with van der Waals surface area (Å²) in [4.78, 5) is 12.2. The first-order chi connectivity index (χ1) is 10.2. The van der Waals surface area contributed by atoms with Gasteiger partial charge in [-0.05, 0) is 35.6 Å². The van der Waals surface area contributed by atoms with Gasteiger partial charge in [-0.15, -0.1) is 0 Å². The summed E-state index contributed by atoms with van der Waals surface area (Å²) in [7, 11) is 0. The smallest absolute Gasteiger partial charge is 0.251 e. The zero-order valence-corrected chi connectivity index (χ0v) is 12.7. The Bertz CT molecular complexity index is 551. The normalized spacial score (nSPS) is 12.1. The van der Waals surface area contributed by atoms with Crippen LogP contribution >= 0.6 is 11.8 Å². The second-order valence-electron chi connectivity index (χ2n) is 4.56. The van der Waals surface area contributed by atoms with Gasteiger partial charge in [0.2, 0.25) is 0 Å². The number of hydrogen-bond acceptors (Lipinski definition) is 4. The number of amides is 1. The molecule has 5 heteroatoms. The second-order valence-corrected chi connectivity index (χ2v) is 5.83. The van der Waals surface area contributed by atoms with Gasteiger partial charge in [-0.2, -0.15) is 11.8 Å². The predicted molar refractivity (Wildman–Crippen MR) is 84.3 cm³/mol. The minimum Gasteiger partial charge on any atom is -0.467 e. The monoisotopic (exact) mass is 305 g/mol. The van der Waals surface area contributed by atoms with Crippen molar-refractivity contribution in [2.45, 2.75) is 18.7 Å². The van der Waals surface area contributed by atoms with Crippen LogP contribution in [0.1, 0.15) is 34.6 Å². The van der Waals surface area contributed by atoms with Gasteiger partial charge in [-0.1, -0.05) is 19.1 Å². The molecule has 1 aromatic heterocycles. The molecule has 0 saturated carbocycles. The van der Waals surface area contributed by atoms with Gasteiger partial charge in [0.15, 0.2) is 0 Å². The molecular formula is C16H19NO3S. The minimum absolute atomic E-state index is 0.204. The van der Waals surface area contributed by atoms with E-state index in [1.807, 2.05) is 23.9 Å². The Labute approximate surface area is 128 Å². The largest absolute Gasteiger partial charge is 0.467 e. The van der Waals surface area contributed by atoms with Crippen molar-refractivity contribution in [2.24, 2.45) is 0 Å². The summed E-state index contributed by atoms with van der Waals surface area (Å²) in [6.45, 7) is 1.92. The minimum atomic E-state index is -0.525. The predicted octanol–water partition coefficient (Wildman–Crippen LogP) is 3.00. The maximum atomic E-state index is 12.2. The van der Waals surface area contributed by atoms with Gasteiger partial charge in [0.25, 0.3) is 5.91 Å². The molecule has 1 atom stereocenters. The number of carbonyl (C=O) groups is 1. The first-order valence-electron chi connectivity index (χ1n) is 6.86. The van der Waals surface area contributed by atoms with Crippen LogP contribution in [-0.4, -0.2) is 23.4 Å². The number of aliphatic hydroxyl groups is 1. The van der Waals surface area contributed by atoms with Crippen LogP contribution in [0.3, 0.4) is 0 Å². The third-order valence-electron chi connectivity index (χ3n) is 3.06. The Hall–Kier alpha value is -1.72. The number of nitrogens with one attached hydrogen (secondary N) is 1. The molecule has 2 rings (SSSR count). The van der Waals surface area contributed by atoms with Crippen LogP contribution < -0.4 is 5.32 Å². The molecule has 1 aromatic carbocycles. The van der Waals surface area contributed by atoms with E-state index in [-0.39, 0.29) is 12.5 Å². The molecule has 0 aliphatic carbocycles. The molecule has 0 saturated heterocycles. The Balaban J connectivity index is 1.99. The summed E-state index contributed by atoms with van der Waals surface area (Å²) in [5.41, 5.74) is 1.77. The van der Waals surface area contributed by atoms with Crippen molar-refractivity contribution in [1.82, 2.24) is 5.32 Å². The lowest BCUT2D eigenvalue weighted by atomic mass is 10.1. The number of benzene rings is 1. The van der Waals surface area contributed by atoms with Crippen LogP contribution in [0.25, 0.3) is 0 Å². The molecule has 0 aliphatic heterocycles. The Kier molecular flexibility index (Phi) is 5.90. The topological polar surface area (TPSA) is 62.5 Å². The van der Waals surface area contributed by atoms with Crippen molar-refractivity contribution in [1.29, 1.82) is 0 Å².